The maximum absolute atomic E-state index is 14.5. The molecule has 0 spiro atoms. The van der Waals surface area contributed by atoms with Crippen LogP contribution in [0.15, 0.2) is 66.7 Å². The number of aryl methyl sites for hydroxylation is 1. The van der Waals surface area contributed by atoms with Crippen LogP contribution in [0.4, 0.5) is 10.5 Å². The van der Waals surface area contributed by atoms with E-state index < -0.39 is 29.3 Å². The average Bonchev–Trinajstić information content (AvgIpc) is 2.88. The predicted octanol–water partition coefficient (Wildman–Crippen LogP) is 7.39. The number of anilines is 1. The lowest BCUT2D eigenvalue weighted by molar-refractivity contribution is -0.148. The molecular formula is C34H45N3O4. The van der Waals surface area contributed by atoms with Crippen molar-refractivity contribution in [2.45, 2.75) is 92.0 Å². The normalized spacial score (nSPS) is 13.4. The Morgan fingerprint density at radius 1 is 0.878 bits per heavy atom. The van der Waals surface area contributed by atoms with Gasteiger partial charge in [0.25, 0.3) is 5.91 Å². The molecule has 0 heterocycles. The Labute approximate surface area is 244 Å². The molecule has 3 aromatic rings. The highest BCUT2D eigenvalue weighted by Gasteiger charge is 2.44. The number of rotatable bonds is 9. The van der Waals surface area contributed by atoms with E-state index >= 15 is 0 Å². The molecule has 0 aromatic heterocycles. The van der Waals surface area contributed by atoms with E-state index in [-0.39, 0.29) is 17.7 Å². The molecule has 220 valence electrons. The van der Waals surface area contributed by atoms with Gasteiger partial charge in [0.15, 0.2) is 0 Å². The molecule has 0 saturated carbocycles. The molecule has 7 heteroatoms. The van der Waals surface area contributed by atoms with Crippen LogP contribution in [-0.2, 0) is 14.3 Å². The van der Waals surface area contributed by atoms with Gasteiger partial charge in [-0.15, -0.1) is 0 Å². The number of nitrogens with one attached hydrogen (secondary N) is 2. The maximum Gasteiger partial charge on any atom is 0.408 e. The summed E-state index contributed by atoms with van der Waals surface area (Å²) in [5.41, 5.74) is 0.855. The highest BCUT2D eigenvalue weighted by Crippen LogP contribution is 2.34. The second-order valence-electron chi connectivity index (χ2n) is 12.6. The number of ether oxygens (including phenoxy) is 1. The number of nitrogens with zero attached hydrogens (tertiary/aromatic N) is 1. The van der Waals surface area contributed by atoms with Crippen molar-refractivity contribution in [2.24, 2.45) is 5.92 Å². The molecule has 3 amide bonds. The Balaban J connectivity index is 2.10. The molecule has 0 aliphatic heterocycles. The van der Waals surface area contributed by atoms with Gasteiger partial charge in [-0.05, 0) is 82.3 Å². The van der Waals surface area contributed by atoms with E-state index in [0.29, 0.717) is 17.7 Å². The van der Waals surface area contributed by atoms with Crippen molar-refractivity contribution in [3.05, 3.63) is 77.9 Å². The minimum absolute atomic E-state index is 0.258. The van der Waals surface area contributed by atoms with E-state index in [1.54, 1.807) is 25.7 Å². The standard InChI is InChI=1S/C34H45N3O4/c1-10-34(8,9)37(31(39)28(22(2)3)36-32(40)41-33(5,6)7)29(26-17-13-14-23(4)20-26)30(38)35-27-19-18-24-15-11-12-16-25(24)21-27/h11-22,28-29H,10H2,1-9H3,(H,35,38)(H,36,40). The summed E-state index contributed by atoms with van der Waals surface area (Å²) in [4.78, 5) is 43.2. The monoisotopic (exact) mass is 559 g/mol. The van der Waals surface area contributed by atoms with Crippen LogP contribution >= 0.6 is 0 Å². The number of alkyl carbamates (subject to hydrolysis) is 1. The number of amides is 3. The van der Waals surface area contributed by atoms with E-state index in [1.165, 1.54) is 0 Å². The highest BCUT2D eigenvalue weighted by molar-refractivity contribution is 6.00. The van der Waals surface area contributed by atoms with Crippen LogP contribution in [0.25, 0.3) is 10.8 Å². The van der Waals surface area contributed by atoms with Gasteiger partial charge in [0.05, 0.1) is 0 Å². The lowest BCUT2D eigenvalue weighted by atomic mass is 9.90. The Morgan fingerprint density at radius 2 is 1.54 bits per heavy atom. The number of fused-ring (bicyclic) bond motifs is 1. The second kappa shape index (κ2) is 12.8. The summed E-state index contributed by atoms with van der Waals surface area (Å²) in [6.45, 7) is 16.9. The lowest BCUT2D eigenvalue weighted by Gasteiger charge is -2.45. The summed E-state index contributed by atoms with van der Waals surface area (Å²) in [7, 11) is 0. The molecule has 3 aromatic carbocycles. The molecule has 41 heavy (non-hydrogen) atoms. The minimum Gasteiger partial charge on any atom is -0.444 e. The maximum atomic E-state index is 14.5. The first-order valence-electron chi connectivity index (χ1n) is 14.3. The molecule has 0 saturated heterocycles. The minimum atomic E-state index is -0.953. The van der Waals surface area contributed by atoms with Gasteiger partial charge in [0.2, 0.25) is 5.91 Å². The molecule has 0 fully saturated rings. The zero-order valence-corrected chi connectivity index (χ0v) is 25.9. The van der Waals surface area contributed by atoms with Gasteiger partial charge in [-0.2, -0.15) is 0 Å². The summed E-state index contributed by atoms with van der Waals surface area (Å²) in [5.74, 6) is -0.940. The van der Waals surface area contributed by atoms with E-state index in [2.05, 4.69) is 10.6 Å². The first kappa shape index (κ1) is 31.7. The Hall–Kier alpha value is -3.87. The smallest absolute Gasteiger partial charge is 0.408 e. The largest absolute Gasteiger partial charge is 0.444 e. The van der Waals surface area contributed by atoms with Gasteiger partial charge >= 0.3 is 6.09 Å². The van der Waals surface area contributed by atoms with E-state index in [4.69, 9.17) is 4.74 Å². The fraction of sp³-hybridized carbons (Fsp3) is 0.441. The molecule has 3 rings (SSSR count). The summed E-state index contributed by atoms with van der Waals surface area (Å²) in [6.07, 6.45) is -0.0896. The Bertz CT molecular complexity index is 1390. The third kappa shape index (κ3) is 8.09. The Kier molecular flexibility index (Phi) is 9.85. The molecule has 0 radical (unpaired) electrons. The average molecular weight is 560 g/mol. The van der Waals surface area contributed by atoms with Crippen molar-refractivity contribution in [1.82, 2.24) is 10.2 Å². The summed E-state index contributed by atoms with van der Waals surface area (Å²) in [6, 6.07) is 19.5. The summed E-state index contributed by atoms with van der Waals surface area (Å²) in [5, 5.41) is 7.94. The van der Waals surface area contributed by atoms with Crippen LogP contribution in [0.1, 0.15) is 79.0 Å². The van der Waals surface area contributed by atoms with Crippen molar-refractivity contribution in [3.63, 3.8) is 0 Å². The zero-order valence-electron chi connectivity index (χ0n) is 25.9. The third-order valence-corrected chi connectivity index (χ3v) is 7.24. The molecule has 2 N–H and O–H groups in total. The SMILES string of the molecule is CCC(C)(C)N(C(=O)C(NC(=O)OC(C)(C)C)C(C)C)C(C(=O)Nc1ccc2ccccc2c1)c1cccc(C)c1. The third-order valence-electron chi connectivity index (χ3n) is 7.24. The molecule has 2 unspecified atom stereocenters. The van der Waals surface area contributed by atoms with Crippen LogP contribution in [0.5, 0.6) is 0 Å². The van der Waals surface area contributed by atoms with E-state index in [1.807, 2.05) is 108 Å². The fourth-order valence-electron chi connectivity index (χ4n) is 4.78. The number of carbonyl (C=O) groups is 3. The van der Waals surface area contributed by atoms with Crippen molar-refractivity contribution in [2.75, 3.05) is 5.32 Å². The number of hydrogen-bond acceptors (Lipinski definition) is 4. The molecule has 0 bridgehead atoms. The lowest BCUT2D eigenvalue weighted by Crippen LogP contribution is -2.60. The van der Waals surface area contributed by atoms with Gasteiger partial charge in [-0.1, -0.05) is 80.9 Å². The number of benzene rings is 3. The van der Waals surface area contributed by atoms with E-state index in [9.17, 15) is 14.4 Å². The van der Waals surface area contributed by atoms with Crippen LogP contribution in [-0.4, -0.2) is 40.0 Å². The summed E-state index contributed by atoms with van der Waals surface area (Å²) < 4.78 is 5.48. The van der Waals surface area contributed by atoms with E-state index in [0.717, 1.165) is 16.3 Å². The topological polar surface area (TPSA) is 87.7 Å². The quantitative estimate of drug-likeness (QED) is 0.286. The van der Waals surface area contributed by atoms with Crippen LogP contribution in [0, 0.1) is 12.8 Å². The van der Waals surface area contributed by atoms with Gasteiger partial charge < -0.3 is 20.3 Å². The molecule has 0 aliphatic rings. The first-order chi connectivity index (χ1) is 19.1. The van der Waals surface area contributed by atoms with Crippen molar-refractivity contribution in [1.29, 1.82) is 0 Å². The predicted molar refractivity (Wildman–Crippen MR) is 166 cm³/mol. The fourth-order valence-corrected chi connectivity index (χ4v) is 4.78. The number of hydrogen-bond donors (Lipinski definition) is 2. The summed E-state index contributed by atoms with van der Waals surface area (Å²) >= 11 is 0. The van der Waals surface area contributed by atoms with Crippen LogP contribution in [0.2, 0.25) is 0 Å². The number of carbonyl (C=O) groups excluding carboxylic acids is 3. The molecule has 0 aliphatic carbocycles. The van der Waals surface area contributed by atoms with Crippen molar-refractivity contribution >= 4 is 34.4 Å². The van der Waals surface area contributed by atoms with Crippen molar-refractivity contribution in [3.8, 4) is 0 Å². The van der Waals surface area contributed by atoms with Gasteiger partial charge in [-0.25, -0.2) is 4.79 Å². The van der Waals surface area contributed by atoms with Crippen molar-refractivity contribution < 1.29 is 19.1 Å². The first-order valence-corrected chi connectivity index (χ1v) is 14.3. The van der Waals surface area contributed by atoms with Gasteiger partial charge in [0, 0.05) is 11.2 Å². The Morgan fingerprint density at radius 3 is 2.12 bits per heavy atom. The van der Waals surface area contributed by atoms with Crippen LogP contribution in [0.3, 0.4) is 0 Å². The molecular weight excluding hydrogens is 514 g/mol. The second-order valence-corrected chi connectivity index (χ2v) is 12.6. The molecule has 2 atom stereocenters. The molecule has 7 nitrogen and oxygen atoms in total. The van der Waals surface area contributed by atoms with Crippen LogP contribution < -0.4 is 10.6 Å². The zero-order chi connectivity index (χ0) is 30.5. The van der Waals surface area contributed by atoms with Gasteiger partial charge in [0.1, 0.15) is 17.7 Å². The van der Waals surface area contributed by atoms with Gasteiger partial charge in [-0.3, -0.25) is 9.59 Å². The highest BCUT2D eigenvalue weighted by atomic mass is 16.6.